The number of carbonyl (C=O) groups is 1. The maximum atomic E-state index is 12.0. The molecule has 0 unspecified atom stereocenters. The molecule has 0 atom stereocenters. The summed E-state index contributed by atoms with van der Waals surface area (Å²) in [5, 5.41) is 1.71. The minimum Gasteiger partial charge on any atom is -0.427 e. The van der Waals surface area contributed by atoms with Crippen LogP contribution in [-0.4, -0.2) is 43.9 Å². The fraction of sp³-hybridized carbons (Fsp3) is 0.778. The average molecular weight is 294 g/mol. The molecule has 0 aromatic carbocycles. The molecule has 10 heteroatoms. The van der Waals surface area contributed by atoms with Crippen LogP contribution < -0.4 is 5.32 Å². The molecule has 0 aromatic rings. The molecular formula is C9H12F6N2O2. The highest BCUT2D eigenvalue weighted by molar-refractivity contribution is 5.72. The average Bonchev–Trinajstić information content (AvgIpc) is 2.22. The number of carbonyl (C=O) groups excluding carboxylic acids is 1. The predicted molar refractivity (Wildman–Crippen MR) is 54.0 cm³/mol. The molecule has 1 N–H and O–H groups in total. The first kappa shape index (κ1) is 17.5. The van der Waals surface area contributed by atoms with E-state index >= 15 is 0 Å². The molecule has 0 aliphatic heterocycles. The van der Waals surface area contributed by atoms with E-state index in [1.54, 1.807) is 5.32 Å². The van der Waals surface area contributed by atoms with Crippen LogP contribution in [0.4, 0.5) is 31.1 Å². The van der Waals surface area contributed by atoms with Crippen molar-refractivity contribution in [2.24, 2.45) is 4.99 Å². The smallest absolute Gasteiger partial charge is 0.427 e. The summed E-state index contributed by atoms with van der Waals surface area (Å²) in [5.74, 6) is 0. The zero-order valence-corrected chi connectivity index (χ0v) is 9.81. The molecule has 0 aliphatic carbocycles. The van der Waals surface area contributed by atoms with Crippen molar-refractivity contribution in [1.29, 1.82) is 0 Å². The van der Waals surface area contributed by atoms with E-state index < -0.39 is 24.5 Å². The lowest BCUT2D eigenvalue weighted by Crippen LogP contribution is -2.47. The maximum absolute atomic E-state index is 12.0. The van der Waals surface area contributed by atoms with E-state index in [1.807, 2.05) is 6.92 Å². The molecule has 0 aliphatic rings. The Kier molecular flexibility index (Phi) is 6.63. The van der Waals surface area contributed by atoms with Crippen LogP contribution >= 0.6 is 0 Å². The lowest BCUT2D eigenvalue weighted by atomic mass is 10.3. The van der Waals surface area contributed by atoms with Gasteiger partial charge in [0.15, 0.2) is 0 Å². The summed E-state index contributed by atoms with van der Waals surface area (Å²) in [7, 11) is 0. The van der Waals surface area contributed by atoms with E-state index in [-0.39, 0.29) is 6.54 Å². The fourth-order valence-corrected chi connectivity index (χ4v) is 0.882. The van der Waals surface area contributed by atoms with Crippen LogP contribution in [0.5, 0.6) is 0 Å². The number of nitrogens with one attached hydrogen (secondary N) is 1. The Morgan fingerprint density at radius 1 is 1.26 bits per heavy atom. The molecule has 0 radical (unpaired) electrons. The standard InChI is InChI=1S/C9H12F6N2O2/c1-2-3-16-4-5-17-7(18)19-6(8(10,11)12)9(13,14)15/h4,6H,2-3,5H2,1H3,(H,17,18). The monoisotopic (exact) mass is 294 g/mol. The van der Waals surface area contributed by atoms with E-state index in [0.29, 0.717) is 13.0 Å². The Labute approximate surface area is 104 Å². The van der Waals surface area contributed by atoms with E-state index in [1.165, 1.54) is 0 Å². The van der Waals surface area contributed by atoms with Crippen LogP contribution in [0.1, 0.15) is 13.3 Å². The first-order chi connectivity index (χ1) is 8.59. The van der Waals surface area contributed by atoms with Gasteiger partial charge in [-0.05, 0) is 6.42 Å². The molecule has 112 valence electrons. The van der Waals surface area contributed by atoms with Crippen molar-refractivity contribution in [3.8, 4) is 0 Å². The lowest BCUT2D eigenvalue weighted by molar-refractivity contribution is -0.306. The Hall–Kier alpha value is -1.48. The Balaban J connectivity index is 4.35. The van der Waals surface area contributed by atoms with Crippen molar-refractivity contribution in [1.82, 2.24) is 5.32 Å². The Morgan fingerprint density at radius 2 is 1.79 bits per heavy atom. The van der Waals surface area contributed by atoms with Crippen LogP contribution in [0, 0.1) is 0 Å². The molecule has 4 nitrogen and oxygen atoms in total. The summed E-state index contributed by atoms with van der Waals surface area (Å²) in [6, 6.07) is 0. The summed E-state index contributed by atoms with van der Waals surface area (Å²) in [4.78, 5) is 14.5. The van der Waals surface area contributed by atoms with Gasteiger partial charge in [-0.25, -0.2) is 4.79 Å². The maximum Gasteiger partial charge on any atom is 0.434 e. The zero-order chi connectivity index (χ0) is 15.1. The number of ether oxygens (including phenoxy) is 1. The highest BCUT2D eigenvalue weighted by Crippen LogP contribution is 2.35. The van der Waals surface area contributed by atoms with Gasteiger partial charge in [-0.2, -0.15) is 26.3 Å². The summed E-state index contributed by atoms with van der Waals surface area (Å²) >= 11 is 0. The summed E-state index contributed by atoms with van der Waals surface area (Å²) in [5.41, 5.74) is 0. The number of aliphatic imine (C=N–C) groups is 1. The van der Waals surface area contributed by atoms with E-state index in [4.69, 9.17) is 0 Å². The van der Waals surface area contributed by atoms with Crippen molar-refractivity contribution in [2.75, 3.05) is 13.1 Å². The molecule has 0 aromatic heterocycles. The second-order valence-electron chi connectivity index (χ2n) is 3.34. The van der Waals surface area contributed by atoms with Crippen LogP contribution in [0.2, 0.25) is 0 Å². The minimum absolute atomic E-state index is 0.318. The second kappa shape index (κ2) is 7.19. The van der Waals surface area contributed by atoms with Crippen molar-refractivity contribution in [3.63, 3.8) is 0 Å². The lowest BCUT2D eigenvalue weighted by Gasteiger charge is -2.22. The summed E-state index contributed by atoms with van der Waals surface area (Å²) < 4.78 is 75.4. The van der Waals surface area contributed by atoms with Gasteiger partial charge in [0.1, 0.15) is 0 Å². The zero-order valence-electron chi connectivity index (χ0n) is 9.81. The number of amides is 1. The number of rotatable bonds is 5. The van der Waals surface area contributed by atoms with Crippen LogP contribution in [0.25, 0.3) is 0 Å². The topological polar surface area (TPSA) is 50.7 Å². The quantitative estimate of drug-likeness (QED) is 0.626. The molecular weight excluding hydrogens is 282 g/mol. The highest BCUT2D eigenvalue weighted by atomic mass is 19.4. The van der Waals surface area contributed by atoms with Crippen molar-refractivity contribution < 1.29 is 35.9 Å². The number of alkyl halides is 6. The largest absolute Gasteiger partial charge is 0.434 e. The number of hydrogen-bond donors (Lipinski definition) is 1. The third-order valence-electron chi connectivity index (χ3n) is 1.64. The van der Waals surface area contributed by atoms with Gasteiger partial charge >= 0.3 is 18.4 Å². The second-order valence-corrected chi connectivity index (χ2v) is 3.34. The number of alkyl carbamates (subject to hydrolysis) is 1. The number of halogens is 6. The van der Waals surface area contributed by atoms with Crippen molar-refractivity contribution in [3.05, 3.63) is 0 Å². The Morgan fingerprint density at radius 3 is 2.21 bits per heavy atom. The van der Waals surface area contributed by atoms with Gasteiger partial charge in [0.25, 0.3) is 6.10 Å². The van der Waals surface area contributed by atoms with Gasteiger partial charge in [0, 0.05) is 12.8 Å². The molecule has 0 saturated heterocycles. The molecule has 19 heavy (non-hydrogen) atoms. The molecule has 0 fully saturated rings. The number of nitrogens with zero attached hydrogens (tertiary/aromatic N) is 1. The minimum atomic E-state index is -5.72. The van der Waals surface area contributed by atoms with Gasteiger partial charge in [-0.1, -0.05) is 6.92 Å². The highest BCUT2D eigenvalue weighted by Gasteiger charge is 2.59. The summed E-state index contributed by atoms with van der Waals surface area (Å²) in [6.07, 6.45) is -15.5. The molecule has 0 heterocycles. The van der Waals surface area contributed by atoms with E-state index in [0.717, 1.165) is 6.21 Å². The third-order valence-corrected chi connectivity index (χ3v) is 1.64. The fourth-order valence-electron chi connectivity index (χ4n) is 0.882. The van der Waals surface area contributed by atoms with Gasteiger partial charge in [0.2, 0.25) is 0 Å². The predicted octanol–water partition coefficient (Wildman–Crippen LogP) is 2.69. The van der Waals surface area contributed by atoms with Crippen molar-refractivity contribution in [2.45, 2.75) is 31.8 Å². The van der Waals surface area contributed by atoms with Crippen molar-refractivity contribution >= 4 is 12.3 Å². The molecule has 0 saturated carbocycles. The SMILES string of the molecule is CCCN=CCNC(=O)OC(C(F)(F)F)C(F)(F)F. The van der Waals surface area contributed by atoms with Gasteiger partial charge in [-0.3, -0.25) is 4.99 Å². The van der Waals surface area contributed by atoms with E-state index in [9.17, 15) is 31.1 Å². The van der Waals surface area contributed by atoms with Crippen LogP contribution in [-0.2, 0) is 4.74 Å². The van der Waals surface area contributed by atoms with Crippen LogP contribution in [0.15, 0.2) is 4.99 Å². The molecule has 0 spiro atoms. The molecule has 0 bridgehead atoms. The first-order valence-corrected chi connectivity index (χ1v) is 5.15. The van der Waals surface area contributed by atoms with E-state index in [2.05, 4.69) is 9.73 Å². The summed E-state index contributed by atoms with van der Waals surface area (Å²) in [6.45, 7) is 1.93. The Bertz CT molecular complexity index is 299. The molecule has 0 rings (SSSR count). The normalized spacial score (nSPS) is 13.1. The first-order valence-electron chi connectivity index (χ1n) is 5.15. The molecule has 1 amide bonds. The van der Waals surface area contributed by atoms with Crippen LogP contribution in [0.3, 0.4) is 0 Å². The van der Waals surface area contributed by atoms with Gasteiger partial charge in [-0.15, -0.1) is 0 Å². The van der Waals surface area contributed by atoms with Gasteiger partial charge < -0.3 is 10.1 Å². The third kappa shape index (κ3) is 7.52. The number of hydrogen-bond acceptors (Lipinski definition) is 3. The van der Waals surface area contributed by atoms with Gasteiger partial charge in [0.05, 0.1) is 6.54 Å².